The van der Waals surface area contributed by atoms with Crippen molar-refractivity contribution in [1.82, 2.24) is 5.32 Å². The minimum Gasteiger partial charge on any atom is -0.352 e. The summed E-state index contributed by atoms with van der Waals surface area (Å²) >= 11 is 0. The molecule has 3 N–H and O–H groups in total. The molecule has 1 aromatic rings. The van der Waals surface area contributed by atoms with Gasteiger partial charge in [0.05, 0.1) is 5.54 Å². The van der Waals surface area contributed by atoms with Crippen LogP contribution < -0.4 is 11.1 Å². The number of primary amides is 1. The number of amides is 2. The summed E-state index contributed by atoms with van der Waals surface area (Å²) in [6, 6.07) is 5.75. The van der Waals surface area contributed by atoms with Crippen LogP contribution in [0.3, 0.4) is 0 Å². The van der Waals surface area contributed by atoms with E-state index in [1.54, 1.807) is 12.1 Å². The molecule has 0 spiro atoms. The highest BCUT2D eigenvalue weighted by molar-refractivity contribution is 5.73. The molecule has 3 nitrogen and oxygen atoms in total. The Morgan fingerprint density at radius 2 is 1.81 bits per heavy atom. The summed E-state index contributed by atoms with van der Waals surface area (Å²) in [6.45, 7) is 0. The average molecular weight is 222 g/mol. The minimum absolute atomic E-state index is 0.268. The van der Waals surface area contributed by atoms with E-state index in [0.717, 1.165) is 31.2 Å². The smallest absolute Gasteiger partial charge is 0.312 e. The Balaban J connectivity index is 2.31. The average Bonchev–Trinajstić information content (AvgIpc) is 2.67. The maximum absolute atomic E-state index is 12.8. The first kappa shape index (κ1) is 10.9. The molecule has 4 heteroatoms. The summed E-state index contributed by atoms with van der Waals surface area (Å²) in [5.41, 5.74) is 5.75. The lowest BCUT2D eigenvalue weighted by atomic mass is 9.88. The van der Waals surface area contributed by atoms with Crippen LogP contribution in [0, 0.1) is 5.82 Å². The number of rotatable bonds is 2. The van der Waals surface area contributed by atoms with Crippen molar-refractivity contribution in [3.8, 4) is 0 Å². The molecule has 86 valence electrons. The summed E-state index contributed by atoms with van der Waals surface area (Å²) in [5, 5.41) is 2.81. The fraction of sp³-hybridized carbons (Fsp3) is 0.417. The second kappa shape index (κ2) is 4.12. The molecule has 0 heterocycles. The predicted octanol–water partition coefficient (Wildman–Crippen LogP) is 2.26. The van der Waals surface area contributed by atoms with Crippen molar-refractivity contribution in [2.24, 2.45) is 5.73 Å². The van der Waals surface area contributed by atoms with Crippen LogP contribution in [0.2, 0.25) is 0 Å². The van der Waals surface area contributed by atoms with Crippen LogP contribution in [-0.4, -0.2) is 6.03 Å². The molecule has 1 saturated carbocycles. The Morgan fingerprint density at radius 3 is 2.31 bits per heavy atom. The van der Waals surface area contributed by atoms with Crippen LogP contribution in [0.15, 0.2) is 24.3 Å². The lowest BCUT2D eigenvalue weighted by Gasteiger charge is -2.30. The van der Waals surface area contributed by atoms with Crippen molar-refractivity contribution >= 4 is 6.03 Å². The van der Waals surface area contributed by atoms with Gasteiger partial charge in [0.2, 0.25) is 0 Å². The number of nitrogens with two attached hydrogens (primary N) is 1. The van der Waals surface area contributed by atoms with E-state index < -0.39 is 6.03 Å². The lowest BCUT2D eigenvalue weighted by Crippen LogP contribution is -2.46. The molecule has 2 rings (SSSR count). The molecule has 0 aromatic heterocycles. The van der Waals surface area contributed by atoms with E-state index in [2.05, 4.69) is 5.32 Å². The number of carbonyl (C=O) groups excluding carboxylic acids is 1. The first-order valence-electron chi connectivity index (χ1n) is 5.46. The van der Waals surface area contributed by atoms with E-state index in [9.17, 15) is 9.18 Å². The van der Waals surface area contributed by atoms with Gasteiger partial charge in [-0.05, 0) is 30.5 Å². The summed E-state index contributed by atoms with van der Waals surface area (Å²) in [7, 11) is 0. The Hall–Kier alpha value is -1.58. The van der Waals surface area contributed by atoms with Gasteiger partial charge in [0.15, 0.2) is 0 Å². The molecule has 0 aliphatic heterocycles. The second-order valence-electron chi connectivity index (χ2n) is 4.29. The molecular weight excluding hydrogens is 207 g/mol. The molecular formula is C12H15FN2O. The van der Waals surface area contributed by atoms with E-state index in [4.69, 9.17) is 5.73 Å². The number of hydrogen-bond acceptors (Lipinski definition) is 1. The molecule has 0 atom stereocenters. The third-order valence-electron chi connectivity index (χ3n) is 3.22. The molecule has 1 aliphatic carbocycles. The van der Waals surface area contributed by atoms with Gasteiger partial charge in [-0.15, -0.1) is 0 Å². The molecule has 0 unspecified atom stereocenters. The molecule has 1 aliphatic rings. The van der Waals surface area contributed by atoms with Gasteiger partial charge in [-0.2, -0.15) is 0 Å². The highest BCUT2D eigenvalue weighted by atomic mass is 19.1. The second-order valence-corrected chi connectivity index (χ2v) is 4.29. The number of benzene rings is 1. The van der Waals surface area contributed by atoms with Gasteiger partial charge >= 0.3 is 6.03 Å². The summed E-state index contributed by atoms with van der Waals surface area (Å²) in [4.78, 5) is 11.0. The monoisotopic (exact) mass is 222 g/mol. The molecule has 1 fully saturated rings. The van der Waals surface area contributed by atoms with Gasteiger partial charge in [0.1, 0.15) is 5.82 Å². The van der Waals surface area contributed by atoms with Crippen LogP contribution in [-0.2, 0) is 5.54 Å². The Labute approximate surface area is 93.8 Å². The summed E-state index contributed by atoms with van der Waals surface area (Å²) in [6.07, 6.45) is 3.83. The first-order chi connectivity index (χ1) is 7.62. The quantitative estimate of drug-likeness (QED) is 0.792. The number of carbonyl (C=O) groups is 1. The summed E-state index contributed by atoms with van der Waals surface area (Å²) < 4.78 is 12.8. The third-order valence-corrected chi connectivity index (χ3v) is 3.22. The normalized spacial score (nSPS) is 18.3. The number of hydrogen-bond donors (Lipinski definition) is 2. The molecule has 16 heavy (non-hydrogen) atoms. The minimum atomic E-state index is -0.522. The standard InChI is InChI=1S/C12H15FN2O/c13-10-5-3-9(4-6-10)12(15-11(14)16)7-1-2-8-12/h3-6H,1-2,7-8H2,(H3,14,15,16). The van der Waals surface area contributed by atoms with Crippen molar-refractivity contribution < 1.29 is 9.18 Å². The van der Waals surface area contributed by atoms with Gasteiger partial charge in [-0.1, -0.05) is 25.0 Å². The molecule has 2 amide bonds. The topological polar surface area (TPSA) is 55.1 Å². The largest absolute Gasteiger partial charge is 0.352 e. The number of nitrogens with one attached hydrogen (secondary N) is 1. The molecule has 1 aromatic carbocycles. The SMILES string of the molecule is NC(=O)NC1(c2ccc(F)cc2)CCCC1. The van der Waals surface area contributed by atoms with Gasteiger partial charge in [0.25, 0.3) is 0 Å². The Kier molecular flexibility index (Phi) is 2.81. The van der Waals surface area contributed by atoms with Crippen molar-refractivity contribution in [2.75, 3.05) is 0 Å². The highest BCUT2D eigenvalue weighted by Gasteiger charge is 2.36. The van der Waals surface area contributed by atoms with Crippen LogP contribution in [0.5, 0.6) is 0 Å². The van der Waals surface area contributed by atoms with Crippen LogP contribution in [0.25, 0.3) is 0 Å². The van der Waals surface area contributed by atoms with Crippen LogP contribution >= 0.6 is 0 Å². The van der Waals surface area contributed by atoms with E-state index in [1.165, 1.54) is 12.1 Å². The van der Waals surface area contributed by atoms with E-state index in [1.807, 2.05) is 0 Å². The van der Waals surface area contributed by atoms with Crippen molar-refractivity contribution in [3.63, 3.8) is 0 Å². The van der Waals surface area contributed by atoms with Gasteiger partial charge in [0, 0.05) is 0 Å². The zero-order valence-corrected chi connectivity index (χ0v) is 9.00. The Morgan fingerprint density at radius 1 is 1.25 bits per heavy atom. The number of halogens is 1. The predicted molar refractivity (Wildman–Crippen MR) is 59.3 cm³/mol. The van der Waals surface area contributed by atoms with Gasteiger partial charge < -0.3 is 11.1 Å². The maximum Gasteiger partial charge on any atom is 0.312 e. The van der Waals surface area contributed by atoms with Crippen molar-refractivity contribution in [2.45, 2.75) is 31.2 Å². The molecule has 0 radical (unpaired) electrons. The zero-order chi connectivity index (χ0) is 11.6. The molecule has 0 saturated heterocycles. The lowest BCUT2D eigenvalue weighted by molar-refractivity contribution is 0.233. The Bertz CT molecular complexity index is 383. The van der Waals surface area contributed by atoms with Gasteiger partial charge in [-0.25, -0.2) is 9.18 Å². The van der Waals surface area contributed by atoms with E-state index in [0.29, 0.717) is 0 Å². The van der Waals surface area contributed by atoms with Crippen molar-refractivity contribution in [3.05, 3.63) is 35.6 Å². The highest BCUT2D eigenvalue weighted by Crippen LogP contribution is 2.38. The first-order valence-corrected chi connectivity index (χ1v) is 5.46. The molecule has 0 bridgehead atoms. The zero-order valence-electron chi connectivity index (χ0n) is 9.00. The number of urea groups is 1. The van der Waals surface area contributed by atoms with Crippen molar-refractivity contribution in [1.29, 1.82) is 0 Å². The summed E-state index contributed by atoms with van der Waals surface area (Å²) in [5.74, 6) is -0.268. The van der Waals surface area contributed by atoms with Crippen LogP contribution in [0.4, 0.5) is 9.18 Å². The third kappa shape index (κ3) is 2.01. The van der Waals surface area contributed by atoms with E-state index >= 15 is 0 Å². The fourth-order valence-electron chi connectivity index (χ4n) is 2.47. The van der Waals surface area contributed by atoms with E-state index in [-0.39, 0.29) is 11.4 Å². The fourth-order valence-corrected chi connectivity index (χ4v) is 2.47. The maximum atomic E-state index is 12.8. The van der Waals surface area contributed by atoms with Crippen LogP contribution in [0.1, 0.15) is 31.2 Å². The van der Waals surface area contributed by atoms with Gasteiger partial charge in [-0.3, -0.25) is 0 Å².